The normalized spacial score (nSPS) is 20.9. The Balaban J connectivity index is 1.94. The van der Waals surface area contributed by atoms with Gasteiger partial charge in [-0.2, -0.15) is 0 Å². The van der Waals surface area contributed by atoms with Gasteiger partial charge < -0.3 is 42.7 Å². The topological polar surface area (TPSA) is 257 Å². The van der Waals surface area contributed by atoms with E-state index in [-0.39, 0.29) is 44.7 Å². The minimum Gasteiger partial charge on any atom is -0.481 e. The fraction of sp³-hybridized carbons (Fsp3) is 0.375. The highest BCUT2D eigenvalue weighted by atomic mass is 19.1. The molecule has 1 aliphatic rings. The van der Waals surface area contributed by atoms with Crippen molar-refractivity contribution in [2.75, 3.05) is 19.6 Å². The van der Waals surface area contributed by atoms with Gasteiger partial charge in [-0.1, -0.05) is 42.5 Å². The molecule has 49 heavy (non-hydrogen) atoms. The number of hydrogen-bond donors (Lipinski definition) is 9. The summed E-state index contributed by atoms with van der Waals surface area (Å²) >= 11 is 0. The van der Waals surface area contributed by atoms with Crippen LogP contribution in [0.4, 0.5) is 4.39 Å². The largest absolute Gasteiger partial charge is 0.481 e. The van der Waals surface area contributed by atoms with Crippen molar-refractivity contribution < 1.29 is 38.3 Å². The van der Waals surface area contributed by atoms with Crippen molar-refractivity contribution in [2.45, 2.75) is 56.3 Å². The Bertz CT molecular complexity index is 1520. The second-order valence-electron chi connectivity index (χ2n) is 11.2. The van der Waals surface area contributed by atoms with E-state index in [4.69, 9.17) is 11.1 Å². The third kappa shape index (κ3) is 13.4. The molecule has 16 nitrogen and oxygen atoms in total. The van der Waals surface area contributed by atoms with E-state index in [1.165, 1.54) is 30.5 Å². The van der Waals surface area contributed by atoms with Gasteiger partial charge in [0.25, 0.3) is 0 Å². The maximum Gasteiger partial charge on any atom is 0.305 e. The van der Waals surface area contributed by atoms with Gasteiger partial charge in [-0.15, -0.1) is 0 Å². The molecule has 0 aromatic heterocycles. The van der Waals surface area contributed by atoms with Crippen molar-refractivity contribution in [2.24, 2.45) is 10.7 Å². The molecule has 0 saturated carbocycles. The van der Waals surface area contributed by atoms with E-state index in [1.807, 2.05) is 0 Å². The molecule has 5 amide bonds. The van der Waals surface area contributed by atoms with Crippen LogP contribution >= 0.6 is 0 Å². The number of halogens is 1. The van der Waals surface area contributed by atoms with Gasteiger partial charge in [0.2, 0.25) is 29.5 Å². The Hall–Kier alpha value is -5.87. The molecule has 1 aliphatic heterocycles. The van der Waals surface area contributed by atoms with Gasteiger partial charge in [-0.05, 0) is 42.5 Å². The van der Waals surface area contributed by atoms with Crippen LogP contribution in [0.3, 0.4) is 0 Å². The first-order valence-corrected chi connectivity index (χ1v) is 15.5. The number of guanidine groups is 1. The number of amides is 5. The molecule has 0 bridgehead atoms. The fourth-order valence-corrected chi connectivity index (χ4v) is 4.79. The van der Waals surface area contributed by atoms with E-state index in [0.29, 0.717) is 11.1 Å². The SMILES string of the molecule is N=C(N)NCCC[C@@H]1NC(=O)[C@H](CC/N=C/c2ccc(F)cc2)NC(=O)[C@H](Cc2ccccc2)NC(=O)C(CC(=O)O)NC(=O)CNC1=O. The van der Waals surface area contributed by atoms with Gasteiger partial charge in [-0.3, -0.25) is 39.2 Å². The summed E-state index contributed by atoms with van der Waals surface area (Å²) in [7, 11) is 0. The lowest BCUT2D eigenvalue weighted by atomic mass is 10.0. The molecule has 3 rings (SSSR count). The average Bonchev–Trinajstić information content (AvgIpc) is 3.06. The maximum atomic E-state index is 13.8. The van der Waals surface area contributed by atoms with Crippen LogP contribution in [0.5, 0.6) is 0 Å². The van der Waals surface area contributed by atoms with Crippen molar-refractivity contribution in [1.82, 2.24) is 31.9 Å². The number of aliphatic imine (C=N–C) groups is 1. The Morgan fingerprint density at radius 1 is 0.878 bits per heavy atom. The highest BCUT2D eigenvalue weighted by Gasteiger charge is 2.33. The number of carboxylic acids is 1. The van der Waals surface area contributed by atoms with Gasteiger partial charge in [0.15, 0.2) is 5.96 Å². The van der Waals surface area contributed by atoms with Crippen LogP contribution in [0.15, 0.2) is 59.6 Å². The zero-order valence-electron chi connectivity index (χ0n) is 26.5. The molecule has 1 fully saturated rings. The molecule has 1 unspecified atom stereocenters. The molecule has 1 saturated heterocycles. The van der Waals surface area contributed by atoms with Crippen molar-refractivity contribution in [3.63, 3.8) is 0 Å². The van der Waals surface area contributed by atoms with Crippen LogP contribution in [-0.4, -0.2) is 96.6 Å². The van der Waals surface area contributed by atoms with Crippen molar-refractivity contribution in [1.29, 1.82) is 5.41 Å². The van der Waals surface area contributed by atoms with Crippen LogP contribution in [0.1, 0.15) is 36.8 Å². The summed E-state index contributed by atoms with van der Waals surface area (Å²) < 4.78 is 13.3. The number of nitrogens with one attached hydrogen (secondary N) is 7. The van der Waals surface area contributed by atoms with Crippen molar-refractivity contribution in [3.05, 3.63) is 71.5 Å². The van der Waals surface area contributed by atoms with Gasteiger partial charge in [-0.25, -0.2) is 4.39 Å². The lowest BCUT2D eigenvalue weighted by Gasteiger charge is -2.25. The number of carbonyl (C=O) groups excluding carboxylic acids is 5. The van der Waals surface area contributed by atoms with E-state index in [9.17, 15) is 38.3 Å². The Labute approximate surface area is 281 Å². The molecule has 17 heteroatoms. The number of aliphatic carboxylic acids is 1. The number of hydrogen-bond acceptors (Lipinski definition) is 8. The molecule has 0 spiro atoms. The Morgan fingerprint density at radius 3 is 2.14 bits per heavy atom. The zero-order chi connectivity index (χ0) is 35.8. The van der Waals surface area contributed by atoms with Gasteiger partial charge in [0, 0.05) is 25.7 Å². The van der Waals surface area contributed by atoms with Crippen molar-refractivity contribution in [3.8, 4) is 0 Å². The average molecular weight is 682 g/mol. The highest BCUT2D eigenvalue weighted by molar-refractivity contribution is 5.98. The summed E-state index contributed by atoms with van der Waals surface area (Å²) in [6, 6.07) is 8.80. The summed E-state index contributed by atoms with van der Waals surface area (Å²) in [5.74, 6) is -6.26. The second kappa shape index (κ2) is 19.1. The molecular formula is C32H40FN9O7. The first-order valence-electron chi connectivity index (χ1n) is 15.5. The van der Waals surface area contributed by atoms with Crippen LogP contribution in [0.25, 0.3) is 0 Å². The van der Waals surface area contributed by atoms with Gasteiger partial charge >= 0.3 is 5.97 Å². The number of carbonyl (C=O) groups is 6. The molecule has 0 aliphatic carbocycles. The quantitative estimate of drug-likeness (QED) is 0.0731. The summed E-state index contributed by atoms with van der Waals surface area (Å²) in [6.45, 7) is -0.435. The minimum absolute atomic E-state index is 0.0178. The monoisotopic (exact) mass is 681 g/mol. The lowest BCUT2D eigenvalue weighted by Crippen LogP contribution is -2.58. The molecule has 4 atom stereocenters. The van der Waals surface area contributed by atoms with Gasteiger partial charge in [0.05, 0.1) is 13.0 Å². The number of nitrogens with two attached hydrogens (primary N) is 1. The summed E-state index contributed by atoms with van der Waals surface area (Å²) in [5.41, 5.74) is 6.55. The van der Waals surface area contributed by atoms with E-state index in [0.717, 1.165) is 0 Å². The Morgan fingerprint density at radius 2 is 1.49 bits per heavy atom. The summed E-state index contributed by atoms with van der Waals surface area (Å²) in [5, 5.41) is 31.8. The van der Waals surface area contributed by atoms with E-state index >= 15 is 0 Å². The van der Waals surface area contributed by atoms with E-state index in [2.05, 4.69) is 36.9 Å². The van der Waals surface area contributed by atoms with Crippen LogP contribution < -0.4 is 37.6 Å². The predicted molar refractivity (Wildman–Crippen MR) is 176 cm³/mol. The standard InChI is InChI=1S/C32H40FN9O7/c33-21-10-8-20(9-11-21)17-36-14-12-23-29(47)40-22(7-4-13-37-32(34)35)28(46)38-18-26(43)39-25(16-27(44)45)31(49)42-24(30(48)41-23)15-19-5-2-1-3-6-19/h1-3,5-6,8-11,17,22-25H,4,7,12-16,18H2,(H,38,46)(H,39,43)(H,40,47)(H,41,48)(H,42,49)(H,44,45)(H4,34,35,37)/b36-17+/t22-,23-,24-,25?/m0/s1. The Kier molecular flexibility index (Phi) is 14.6. The molecule has 262 valence electrons. The summed E-state index contributed by atoms with van der Waals surface area (Å²) in [6.07, 6.45) is 0.863. The van der Waals surface area contributed by atoms with Gasteiger partial charge in [0.1, 0.15) is 30.0 Å². The maximum absolute atomic E-state index is 13.8. The van der Waals surface area contributed by atoms with Crippen LogP contribution in [0, 0.1) is 11.2 Å². The number of benzene rings is 2. The third-order valence-electron chi connectivity index (χ3n) is 7.28. The van der Waals surface area contributed by atoms with E-state index in [1.54, 1.807) is 30.3 Å². The molecule has 2 aromatic carbocycles. The number of carboxylic acid groups (broad SMARTS) is 1. The highest BCUT2D eigenvalue weighted by Crippen LogP contribution is 2.08. The molecule has 10 N–H and O–H groups in total. The minimum atomic E-state index is -1.59. The second-order valence-corrected chi connectivity index (χ2v) is 11.2. The third-order valence-corrected chi connectivity index (χ3v) is 7.28. The number of nitrogens with zero attached hydrogens (tertiary/aromatic N) is 1. The first kappa shape index (κ1) is 37.6. The van der Waals surface area contributed by atoms with Crippen LogP contribution in [0.2, 0.25) is 0 Å². The zero-order valence-corrected chi connectivity index (χ0v) is 26.5. The van der Waals surface area contributed by atoms with Crippen LogP contribution in [-0.2, 0) is 35.2 Å². The molecular weight excluding hydrogens is 641 g/mol. The molecule has 2 aromatic rings. The lowest BCUT2D eigenvalue weighted by molar-refractivity contribution is -0.141. The predicted octanol–water partition coefficient (Wildman–Crippen LogP) is -1.32. The first-order chi connectivity index (χ1) is 23.4. The fourth-order valence-electron chi connectivity index (χ4n) is 4.79. The molecule has 0 radical (unpaired) electrons. The molecule has 1 heterocycles. The smallest absolute Gasteiger partial charge is 0.305 e. The van der Waals surface area contributed by atoms with Crippen molar-refractivity contribution >= 4 is 47.7 Å². The summed E-state index contributed by atoms with van der Waals surface area (Å²) in [4.78, 5) is 82.4. The number of rotatable bonds is 12. The van der Waals surface area contributed by atoms with E-state index < -0.39 is 78.5 Å².